The standard InChI is InChI=1S/C21H21N9O3/c1-12-7-8-16-26-27-19(30(12)16)14-5-4-6-15(23-14)24-20(31)13-11-29(28-21(13)33-3)17-9-22-10-18(25-17)32-2/h4-6,9-12H,7-8H2,1-3H3,(H,23,24,31)/t12-/m1/s1. The van der Waals surface area contributed by atoms with Gasteiger partial charge in [-0.3, -0.25) is 9.78 Å². The molecule has 0 bridgehead atoms. The van der Waals surface area contributed by atoms with Gasteiger partial charge in [0.15, 0.2) is 11.6 Å². The second-order valence-electron chi connectivity index (χ2n) is 7.48. The van der Waals surface area contributed by atoms with Crippen molar-refractivity contribution in [2.24, 2.45) is 0 Å². The van der Waals surface area contributed by atoms with Gasteiger partial charge in [0.2, 0.25) is 11.8 Å². The summed E-state index contributed by atoms with van der Waals surface area (Å²) in [6.07, 6.45) is 6.40. The number of carbonyl (C=O) groups is 1. The van der Waals surface area contributed by atoms with Crippen molar-refractivity contribution in [1.29, 1.82) is 0 Å². The summed E-state index contributed by atoms with van der Waals surface area (Å²) < 4.78 is 13.9. The van der Waals surface area contributed by atoms with Gasteiger partial charge in [-0.15, -0.1) is 15.3 Å². The number of fused-ring (bicyclic) bond motifs is 1. The van der Waals surface area contributed by atoms with Crippen molar-refractivity contribution in [2.75, 3.05) is 19.5 Å². The highest BCUT2D eigenvalue weighted by Crippen LogP contribution is 2.30. The highest BCUT2D eigenvalue weighted by molar-refractivity contribution is 6.05. The van der Waals surface area contributed by atoms with Crippen molar-refractivity contribution < 1.29 is 14.3 Å². The molecule has 1 aliphatic rings. The molecule has 0 saturated heterocycles. The molecule has 4 aromatic rings. The summed E-state index contributed by atoms with van der Waals surface area (Å²) in [5, 5.41) is 15.6. The normalized spacial score (nSPS) is 14.7. The highest BCUT2D eigenvalue weighted by Gasteiger charge is 2.25. The average Bonchev–Trinajstić information content (AvgIpc) is 3.55. The first-order valence-corrected chi connectivity index (χ1v) is 10.3. The van der Waals surface area contributed by atoms with E-state index in [2.05, 4.69) is 47.1 Å². The van der Waals surface area contributed by atoms with Crippen molar-refractivity contribution in [3.05, 3.63) is 48.2 Å². The van der Waals surface area contributed by atoms with Gasteiger partial charge in [0.1, 0.15) is 22.9 Å². The summed E-state index contributed by atoms with van der Waals surface area (Å²) in [6.45, 7) is 2.13. The number of anilines is 1. The van der Waals surface area contributed by atoms with E-state index in [0.717, 1.165) is 18.7 Å². The van der Waals surface area contributed by atoms with Crippen LogP contribution in [0.3, 0.4) is 0 Å². The number of rotatable bonds is 6. The summed E-state index contributed by atoms with van der Waals surface area (Å²) in [6, 6.07) is 5.67. The zero-order chi connectivity index (χ0) is 22.9. The van der Waals surface area contributed by atoms with Crippen LogP contribution in [0.4, 0.5) is 5.82 Å². The Morgan fingerprint density at radius 1 is 1.15 bits per heavy atom. The van der Waals surface area contributed by atoms with Gasteiger partial charge in [-0.1, -0.05) is 6.07 Å². The molecule has 0 spiro atoms. The highest BCUT2D eigenvalue weighted by atomic mass is 16.5. The molecule has 4 aromatic heterocycles. The van der Waals surface area contributed by atoms with Crippen LogP contribution in [0.5, 0.6) is 11.8 Å². The molecule has 12 nitrogen and oxygen atoms in total. The van der Waals surface area contributed by atoms with Crippen molar-refractivity contribution in [3.63, 3.8) is 0 Å². The number of aryl methyl sites for hydroxylation is 1. The summed E-state index contributed by atoms with van der Waals surface area (Å²) >= 11 is 0. The second kappa shape index (κ2) is 8.30. The minimum Gasteiger partial charge on any atom is -0.480 e. The molecule has 5 rings (SSSR count). The zero-order valence-electron chi connectivity index (χ0n) is 18.3. The Hall–Kier alpha value is -4.35. The first-order valence-electron chi connectivity index (χ1n) is 10.3. The van der Waals surface area contributed by atoms with Crippen LogP contribution in [-0.2, 0) is 6.42 Å². The van der Waals surface area contributed by atoms with E-state index in [1.807, 2.05) is 12.1 Å². The third kappa shape index (κ3) is 3.75. The number of methoxy groups -OCH3 is 2. The molecule has 12 heteroatoms. The largest absolute Gasteiger partial charge is 0.480 e. The Bertz CT molecular complexity index is 1330. The number of amides is 1. The fourth-order valence-electron chi connectivity index (χ4n) is 3.74. The third-order valence-corrected chi connectivity index (χ3v) is 5.37. The maximum Gasteiger partial charge on any atom is 0.263 e. The lowest BCUT2D eigenvalue weighted by Crippen LogP contribution is -2.14. The van der Waals surface area contributed by atoms with E-state index >= 15 is 0 Å². The minimum absolute atomic E-state index is 0.136. The van der Waals surface area contributed by atoms with E-state index in [9.17, 15) is 4.79 Å². The van der Waals surface area contributed by atoms with Crippen LogP contribution in [0, 0.1) is 0 Å². The van der Waals surface area contributed by atoms with Crippen LogP contribution >= 0.6 is 0 Å². The lowest BCUT2D eigenvalue weighted by molar-refractivity contribution is 0.102. The number of aromatic nitrogens is 8. The van der Waals surface area contributed by atoms with E-state index in [0.29, 0.717) is 35.1 Å². The van der Waals surface area contributed by atoms with Gasteiger partial charge in [0.05, 0.1) is 26.6 Å². The van der Waals surface area contributed by atoms with Crippen LogP contribution in [0.15, 0.2) is 36.8 Å². The molecule has 1 N–H and O–H groups in total. The van der Waals surface area contributed by atoms with Crippen LogP contribution in [0.25, 0.3) is 17.3 Å². The molecule has 0 aromatic carbocycles. The molecular weight excluding hydrogens is 426 g/mol. The molecule has 1 amide bonds. The van der Waals surface area contributed by atoms with Crippen LogP contribution in [0.1, 0.15) is 35.6 Å². The monoisotopic (exact) mass is 447 g/mol. The van der Waals surface area contributed by atoms with Crippen molar-refractivity contribution in [2.45, 2.75) is 25.8 Å². The maximum absolute atomic E-state index is 13.0. The zero-order valence-corrected chi connectivity index (χ0v) is 18.3. The van der Waals surface area contributed by atoms with Gasteiger partial charge in [-0.05, 0) is 25.5 Å². The van der Waals surface area contributed by atoms with E-state index < -0.39 is 5.91 Å². The predicted molar refractivity (Wildman–Crippen MR) is 116 cm³/mol. The molecule has 0 fully saturated rings. The second-order valence-corrected chi connectivity index (χ2v) is 7.48. The quantitative estimate of drug-likeness (QED) is 0.471. The van der Waals surface area contributed by atoms with Crippen molar-refractivity contribution in [3.8, 4) is 29.1 Å². The Labute approximate surface area is 188 Å². The molecule has 0 aliphatic carbocycles. The summed E-state index contributed by atoms with van der Waals surface area (Å²) in [7, 11) is 2.93. The molecular formula is C21H21N9O3. The van der Waals surface area contributed by atoms with Gasteiger partial charge in [-0.2, -0.15) is 4.98 Å². The number of nitrogens with one attached hydrogen (secondary N) is 1. The average molecular weight is 447 g/mol. The number of carbonyl (C=O) groups excluding carboxylic acids is 1. The molecule has 0 saturated carbocycles. The Morgan fingerprint density at radius 3 is 2.85 bits per heavy atom. The van der Waals surface area contributed by atoms with E-state index in [1.165, 1.54) is 37.5 Å². The van der Waals surface area contributed by atoms with Gasteiger partial charge < -0.3 is 19.4 Å². The summed E-state index contributed by atoms with van der Waals surface area (Å²) in [5.41, 5.74) is 0.848. The molecule has 0 radical (unpaired) electrons. The van der Waals surface area contributed by atoms with Gasteiger partial charge in [0, 0.05) is 18.7 Å². The van der Waals surface area contributed by atoms with E-state index in [1.54, 1.807) is 6.07 Å². The van der Waals surface area contributed by atoms with Crippen molar-refractivity contribution >= 4 is 11.7 Å². The molecule has 168 valence electrons. The topological polar surface area (TPSA) is 135 Å². The predicted octanol–water partition coefficient (Wildman–Crippen LogP) is 2.09. The number of pyridine rings is 1. The summed E-state index contributed by atoms with van der Waals surface area (Å²) in [5.74, 6) is 2.41. The van der Waals surface area contributed by atoms with Crippen molar-refractivity contribution in [1.82, 2.24) is 39.5 Å². The van der Waals surface area contributed by atoms with Gasteiger partial charge >= 0.3 is 0 Å². The number of nitrogens with zero attached hydrogens (tertiary/aromatic N) is 8. The lowest BCUT2D eigenvalue weighted by Gasteiger charge is -2.10. The van der Waals surface area contributed by atoms with Crippen LogP contribution in [0.2, 0.25) is 0 Å². The first kappa shape index (κ1) is 20.5. The lowest BCUT2D eigenvalue weighted by atomic mass is 10.2. The van der Waals surface area contributed by atoms with Gasteiger partial charge in [0.25, 0.3) is 5.91 Å². The Balaban J connectivity index is 1.41. The smallest absolute Gasteiger partial charge is 0.263 e. The Morgan fingerprint density at radius 2 is 2.03 bits per heavy atom. The number of ether oxygens (including phenoxy) is 2. The first-order chi connectivity index (χ1) is 16.1. The fraction of sp³-hybridized carbons (Fsp3) is 0.286. The molecule has 0 unspecified atom stereocenters. The molecule has 1 atom stereocenters. The minimum atomic E-state index is -0.432. The van der Waals surface area contributed by atoms with E-state index in [-0.39, 0.29) is 11.4 Å². The number of hydrogen-bond acceptors (Lipinski definition) is 9. The third-order valence-electron chi connectivity index (χ3n) is 5.37. The number of hydrogen-bond donors (Lipinski definition) is 1. The van der Waals surface area contributed by atoms with Crippen LogP contribution < -0.4 is 14.8 Å². The van der Waals surface area contributed by atoms with E-state index in [4.69, 9.17) is 9.47 Å². The van der Waals surface area contributed by atoms with Crippen LogP contribution in [-0.4, -0.2) is 59.6 Å². The SMILES string of the molecule is COc1cncc(-n2cc(C(=O)Nc3cccc(-c4nnc5n4[C@H](C)CC5)n3)c(OC)n2)n1. The molecule has 5 heterocycles. The fourth-order valence-corrected chi connectivity index (χ4v) is 3.74. The maximum atomic E-state index is 13.0. The molecule has 1 aliphatic heterocycles. The Kier molecular flexibility index (Phi) is 5.17. The van der Waals surface area contributed by atoms with Gasteiger partial charge in [-0.25, -0.2) is 9.67 Å². The summed E-state index contributed by atoms with van der Waals surface area (Å²) in [4.78, 5) is 25.9. The molecule has 33 heavy (non-hydrogen) atoms.